The first-order valence-electron chi connectivity index (χ1n) is 5.01. The van der Waals surface area contributed by atoms with Crippen molar-refractivity contribution in [2.75, 3.05) is 26.7 Å². The Morgan fingerprint density at radius 1 is 1.60 bits per heavy atom. The van der Waals surface area contributed by atoms with E-state index in [-0.39, 0.29) is 6.10 Å². The molecule has 15 heavy (non-hydrogen) atoms. The van der Waals surface area contributed by atoms with Crippen molar-refractivity contribution in [3.63, 3.8) is 0 Å². The van der Waals surface area contributed by atoms with Gasteiger partial charge in [-0.3, -0.25) is 9.97 Å². The molecule has 2 heterocycles. The highest BCUT2D eigenvalue weighted by atomic mass is 16.5. The summed E-state index contributed by atoms with van der Waals surface area (Å²) < 4.78 is 5.51. The predicted octanol–water partition coefficient (Wildman–Crippen LogP) is -0.159. The van der Waals surface area contributed by atoms with Crippen molar-refractivity contribution in [2.24, 2.45) is 0 Å². The van der Waals surface area contributed by atoms with Crippen LogP contribution >= 0.6 is 0 Å². The normalized spacial score (nSPS) is 25.1. The van der Waals surface area contributed by atoms with E-state index >= 15 is 0 Å². The van der Waals surface area contributed by atoms with Gasteiger partial charge in [-0.1, -0.05) is 0 Å². The van der Waals surface area contributed by atoms with E-state index in [4.69, 9.17) is 4.74 Å². The third-order valence-corrected chi connectivity index (χ3v) is 2.53. The molecular formula is C10H15N3O2. The van der Waals surface area contributed by atoms with E-state index in [9.17, 15) is 5.11 Å². The van der Waals surface area contributed by atoms with Gasteiger partial charge in [-0.25, -0.2) is 0 Å². The lowest BCUT2D eigenvalue weighted by Gasteiger charge is -2.32. The minimum Gasteiger partial charge on any atom is -0.384 e. The topological polar surface area (TPSA) is 58.5 Å². The first-order valence-corrected chi connectivity index (χ1v) is 5.01. The van der Waals surface area contributed by atoms with Crippen molar-refractivity contribution in [3.05, 3.63) is 24.3 Å². The van der Waals surface area contributed by atoms with Crippen molar-refractivity contribution in [1.82, 2.24) is 14.9 Å². The summed E-state index contributed by atoms with van der Waals surface area (Å²) in [5.41, 5.74) is 0.567. The van der Waals surface area contributed by atoms with E-state index in [0.29, 0.717) is 12.3 Å². The molecule has 5 nitrogen and oxygen atoms in total. The number of rotatable bonds is 2. The second-order valence-corrected chi connectivity index (χ2v) is 3.75. The van der Waals surface area contributed by atoms with Gasteiger partial charge in [-0.15, -0.1) is 0 Å². The van der Waals surface area contributed by atoms with E-state index < -0.39 is 6.10 Å². The summed E-state index contributed by atoms with van der Waals surface area (Å²) in [6.07, 6.45) is 3.83. The van der Waals surface area contributed by atoms with Gasteiger partial charge >= 0.3 is 0 Å². The maximum absolute atomic E-state index is 10.0. The van der Waals surface area contributed by atoms with Gasteiger partial charge in [0.05, 0.1) is 18.5 Å². The van der Waals surface area contributed by atoms with Gasteiger partial charge < -0.3 is 14.7 Å². The van der Waals surface area contributed by atoms with E-state index in [1.807, 2.05) is 7.05 Å². The molecule has 2 rings (SSSR count). The van der Waals surface area contributed by atoms with E-state index in [2.05, 4.69) is 14.9 Å². The molecule has 82 valence electrons. The van der Waals surface area contributed by atoms with Crippen LogP contribution in [0.25, 0.3) is 0 Å². The zero-order valence-electron chi connectivity index (χ0n) is 8.71. The zero-order valence-corrected chi connectivity index (χ0v) is 8.71. The fraction of sp³-hybridized carbons (Fsp3) is 0.600. The van der Waals surface area contributed by atoms with E-state index in [1.54, 1.807) is 18.6 Å². The Morgan fingerprint density at radius 2 is 2.47 bits per heavy atom. The molecule has 0 aromatic carbocycles. The van der Waals surface area contributed by atoms with Crippen LogP contribution in [0, 0.1) is 0 Å². The fourth-order valence-electron chi connectivity index (χ4n) is 1.66. The van der Waals surface area contributed by atoms with Crippen LogP contribution in [0.2, 0.25) is 0 Å². The van der Waals surface area contributed by atoms with Crippen molar-refractivity contribution in [2.45, 2.75) is 12.2 Å². The minimum absolute atomic E-state index is 0.208. The first-order chi connectivity index (χ1) is 7.27. The Morgan fingerprint density at radius 3 is 3.13 bits per heavy atom. The van der Waals surface area contributed by atoms with Crippen LogP contribution in [0.3, 0.4) is 0 Å². The van der Waals surface area contributed by atoms with Crippen molar-refractivity contribution >= 4 is 0 Å². The number of aliphatic hydroxyl groups excluding tert-OH is 1. The Balaban J connectivity index is 2.04. The summed E-state index contributed by atoms with van der Waals surface area (Å²) >= 11 is 0. The Bertz CT molecular complexity index is 307. The van der Waals surface area contributed by atoms with Crippen molar-refractivity contribution in [3.8, 4) is 0 Å². The summed E-state index contributed by atoms with van der Waals surface area (Å²) in [7, 11) is 2.01. The van der Waals surface area contributed by atoms with E-state index in [0.717, 1.165) is 13.1 Å². The Labute approximate surface area is 88.7 Å². The number of hydrogen-bond acceptors (Lipinski definition) is 5. The molecule has 0 aliphatic carbocycles. The lowest BCUT2D eigenvalue weighted by molar-refractivity contribution is -0.0858. The highest BCUT2D eigenvalue weighted by molar-refractivity contribution is 5.02. The summed E-state index contributed by atoms with van der Waals surface area (Å²) in [6.45, 7) is 2.28. The quantitative estimate of drug-likeness (QED) is 0.733. The molecule has 0 saturated carbocycles. The smallest absolute Gasteiger partial charge is 0.125 e. The average molecular weight is 209 g/mol. The number of morpholine rings is 1. The van der Waals surface area contributed by atoms with Gasteiger partial charge in [0, 0.05) is 25.5 Å². The molecule has 0 amide bonds. The van der Waals surface area contributed by atoms with Crippen LogP contribution in [0.1, 0.15) is 11.8 Å². The monoisotopic (exact) mass is 209 g/mol. The van der Waals surface area contributed by atoms with Gasteiger partial charge in [0.2, 0.25) is 0 Å². The lowest BCUT2D eigenvalue weighted by Crippen LogP contribution is -2.43. The number of hydrogen-bond donors (Lipinski definition) is 1. The van der Waals surface area contributed by atoms with Gasteiger partial charge in [0.15, 0.2) is 0 Å². The molecule has 1 aromatic rings. The number of likely N-dealkylation sites (N-methyl/N-ethyl adjacent to an activating group) is 1. The van der Waals surface area contributed by atoms with Gasteiger partial charge in [-0.2, -0.15) is 0 Å². The number of aliphatic hydroxyl groups is 1. The van der Waals surface area contributed by atoms with Crippen LogP contribution in [0.5, 0.6) is 0 Å². The van der Waals surface area contributed by atoms with Crippen molar-refractivity contribution < 1.29 is 9.84 Å². The van der Waals surface area contributed by atoms with E-state index in [1.165, 1.54) is 0 Å². The zero-order chi connectivity index (χ0) is 10.7. The molecule has 1 aromatic heterocycles. The molecule has 5 heteroatoms. The molecule has 2 unspecified atom stereocenters. The fourth-order valence-corrected chi connectivity index (χ4v) is 1.66. The third kappa shape index (κ3) is 2.50. The van der Waals surface area contributed by atoms with Crippen LogP contribution in [-0.2, 0) is 4.74 Å². The predicted molar refractivity (Wildman–Crippen MR) is 54.2 cm³/mol. The SMILES string of the molecule is CN1CCOC(C(O)c2cnccn2)C1. The maximum Gasteiger partial charge on any atom is 0.125 e. The molecule has 1 fully saturated rings. The summed E-state index contributed by atoms with van der Waals surface area (Å²) in [4.78, 5) is 10.1. The molecule has 1 N–H and O–H groups in total. The maximum atomic E-state index is 10.0. The summed E-state index contributed by atoms with van der Waals surface area (Å²) in [5, 5.41) is 10.0. The van der Waals surface area contributed by atoms with Crippen molar-refractivity contribution in [1.29, 1.82) is 0 Å². The second-order valence-electron chi connectivity index (χ2n) is 3.75. The second kappa shape index (κ2) is 4.65. The molecule has 1 aliphatic rings. The van der Waals surface area contributed by atoms with Gasteiger partial charge in [-0.05, 0) is 7.05 Å². The number of nitrogens with zero attached hydrogens (tertiary/aromatic N) is 3. The Kier molecular flexibility index (Phi) is 3.25. The standard InChI is InChI=1S/C10H15N3O2/c1-13-4-5-15-9(7-13)10(14)8-6-11-2-3-12-8/h2-3,6,9-10,14H,4-5,7H2,1H3. The van der Waals surface area contributed by atoms with Crippen LogP contribution in [-0.4, -0.2) is 52.8 Å². The van der Waals surface area contributed by atoms with Crippen LogP contribution in [0.15, 0.2) is 18.6 Å². The first kappa shape index (κ1) is 10.5. The third-order valence-electron chi connectivity index (χ3n) is 2.53. The minimum atomic E-state index is -0.693. The summed E-state index contributed by atoms with van der Waals surface area (Å²) in [6, 6.07) is 0. The van der Waals surface area contributed by atoms with Crippen LogP contribution in [0.4, 0.5) is 0 Å². The molecule has 0 radical (unpaired) electrons. The van der Waals surface area contributed by atoms with Gasteiger partial charge in [0.25, 0.3) is 0 Å². The van der Waals surface area contributed by atoms with Gasteiger partial charge in [0.1, 0.15) is 12.2 Å². The highest BCUT2D eigenvalue weighted by Crippen LogP contribution is 2.19. The average Bonchev–Trinajstić information content (AvgIpc) is 2.29. The highest BCUT2D eigenvalue weighted by Gasteiger charge is 2.27. The largest absolute Gasteiger partial charge is 0.384 e. The van der Waals surface area contributed by atoms with Crippen LogP contribution < -0.4 is 0 Å². The Hall–Kier alpha value is -1.04. The summed E-state index contributed by atoms with van der Waals surface area (Å²) in [5.74, 6) is 0. The lowest BCUT2D eigenvalue weighted by atomic mass is 10.1. The number of ether oxygens (including phenoxy) is 1. The molecule has 0 spiro atoms. The number of aromatic nitrogens is 2. The molecule has 2 atom stereocenters. The molecule has 1 aliphatic heterocycles. The molecule has 1 saturated heterocycles. The molecular weight excluding hydrogens is 194 g/mol. The molecule has 0 bridgehead atoms.